The summed E-state index contributed by atoms with van der Waals surface area (Å²) in [6.45, 7) is 1.58. The molecule has 0 aliphatic carbocycles. The molecule has 23 heavy (non-hydrogen) atoms. The van der Waals surface area contributed by atoms with Crippen LogP contribution in [0.1, 0.15) is 17.3 Å². The van der Waals surface area contributed by atoms with E-state index in [1.807, 2.05) is 0 Å². The lowest BCUT2D eigenvalue weighted by Crippen LogP contribution is -2.28. The standard InChI is InChI=1S/C16H17ClN2O3S/c1-3-23(21,22)19(2)15-10-4-12(5-11-15)16(20)18-14-8-6-13(17)7-9-14/h4-11H,3H2,1-2H3,(H,18,20). The molecule has 122 valence electrons. The second-order valence-corrected chi connectivity index (χ2v) is 7.60. The van der Waals surface area contributed by atoms with E-state index in [1.165, 1.54) is 11.4 Å². The van der Waals surface area contributed by atoms with Gasteiger partial charge in [0.25, 0.3) is 5.91 Å². The SMILES string of the molecule is CCS(=O)(=O)N(C)c1ccc(C(=O)Nc2ccc(Cl)cc2)cc1. The van der Waals surface area contributed by atoms with Crippen molar-refractivity contribution in [1.82, 2.24) is 0 Å². The van der Waals surface area contributed by atoms with Crippen molar-refractivity contribution < 1.29 is 13.2 Å². The first kappa shape index (κ1) is 17.3. The van der Waals surface area contributed by atoms with Crippen molar-refractivity contribution in [2.24, 2.45) is 0 Å². The number of carbonyl (C=O) groups is 1. The Bertz CT molecular complexity index is 787. The van der Waals surface area contributed by atoms with E-state index in [0.29, 0.717) is 22.0 Å². The minimum atomic E-state index is -3.32. The highest BCUT2D eigenvalue weighted by molar-refractivity contribution is 7.92. The van der Waals surface area contributed by atoms with Crippen LogP contribution in [0.15, 0.2) is 48.5 Å². The van der Waals surface area contributed by atoms with Gasteiger partial charge in [0, 0.05) is 23.3 Å². The summed E-state index contributed by atoms with van der Waals surface area (Å²) in [6.07, 6.45) is 0. The van der Waals surface area contributed by atoms with Gasteiger partial charge in [-0.05, 0) is 55.5 Å². The van der Waals surface area contributed by atoms with Crippen molar-refractivity contribution in [3.05, 3.63) is 59.1 Å². The summed E-state index contributed by atoms with van der Waals surface area (Å²) < 4.78 is 24.8. The van der Waals surface area contributed by atoms with Gasteiger partial charge in [0.2, 0.25) is 10.0 Å². The maximum Gasteiger partial charge on any atom is 0.255 e. The summed E-state index contributed by atoms with van der Waals surface area (Å²) in [4.78, 5) is 12.2. The van der Waals surface area contributed by atoms with E-state index in [-0.39, 0.29) is 11.7 Å². The molecule has 1 N–H and O–H groups in total. The van der Waals surface area contributed by atoms with Crippen molar-refractivity contribution in [2.45, 2.75) is 6.92 Å². The third kappa shape index (κ3) is 4.24. The molecule has 0 heterocycles. The molecule has 0 aliphatic rings. The highest BCUT2D eigenvalue weighted by Crippen LogP contribution is 2.19. The molecule has 1 amide bonds. The normalized spacial score (nSPS) is 11.1. The van der Waals surface area contributed by atoms with E-state index in [0.717, 1.165) is 0 Å². The second kappa shape index (κ2) is 7.02. The minimum Gasteiger partial charge on any atom is -0.322 e. The average molecular weight is 353 g/mol. The van der Waals surface area contributed by atoms with Gasteiger partial charge in [0.1, 0.15) is 0 Å². The molecule has 2 aromatic carbocycles. The zero-order valence-electron chi connectivity index (χ0n) is 12.8. The number of anilines is 2. The lowest BCUT2D eigenvalue weighted by Gasteiger charge is -2.18. The first-order chi connectivity index (χ1) is 10.8. The number of hydrogen-bond donors (Lipinski definition) is 1. The molecule has 0 fully saturated rings. The molecular formula is C16H17ClN2O3S. The first-order valence-electron chi connectivity index (χ1n) is 6.97. The minimum absolute atomic E-state index is 0.0162. The zero-order chi connectivity index (χ0) is 17.0. The van der Waals surface area contributed by atoms with Gasteiger partial charge in [0.05, 0.1) is 11.4 Å². The molecule has 0 bridgehead atoms. The molecule has 7 heteroatoms. The highest BCUT2D eigenvalue weighted by atomic mass is 35.5. The number of amides is 1. The van der Waals surface area contributed by atoms with Gasteiger partial charge in [0.15, 0.2) is 0 Å². The van der Waals surface area contributed by atoms with Crippen molar-refractivity contribution in [3.8, 4) is 0 Å². The molecule has 2 rings (SSSR count). The fourth-order valence-corrected chi connectivity index (χ4v) is 2.87. The van der Waals surface area contributed by atoms with Crippen LogP contribution in [0.4, 0.5) is 11.4 Å². The van der Waals surface area contributed by atoms with Crippen LogP contribution in [0.3, 0.4) is 0 Å². The predicted octanol–water partition coefficient (Wildman–Crippen LogP) is 3.38. The summed E-state index contributed by atoms with van der Waals surface area (Å²) in [5.41, 5.74) is 1.58. The molecule has 0 atom stereocenters. The summed E-state index contributed by atoms with van der Waals surface area (Å²) in [5, 5.41) is 3.34. The number of nitrogens with zero attached hydrogens (tertiary/aromatic N) is 1. The molecule has 0 saturated carbocycles. The van der Waals surface area contributed by atoms with E-state index >= 15 is 0 Å². The van der Waals surface area contributed by atoms with Crippen LogP contribution in [0, 0.1) is 0 Å². The molecular weight excluding hydrogens is 336 g/mol. The van der Waals surface area contributed by atoms with E-state index in [1.54, 1.807) is 55.5 Å². The van der Waals surface area contributed by atoms with E-state index in [4.69, 9.17) is 11.6 Å². The monoisotopic (exact) mass is 352 g/mol. The molecule has 2 aromatic rings. The average Bonchev–Trinajstić information content (AvgIpc) is 2.56. The van der Waals surface area contributed by atoms with Gasteiger partial charge in [-0.3, -0.25) is 9.10 Å². The Morgan fingerprint density at radius 2 is 1.65 bits per heavy atom. The van der Waals surface area contributed by atoms with Crippen LogP contribution in [-0.4, -0.2) is 27.1 Å². The Labute approximate surface area is 140 Å². The van der Waals surface area contributed by atoms with Gasteiger partial charge >= 0.3 is 0 Å². The largest absolute Gasteiger partial charge is 0.322 e. The Morgan fingerprint density at radius 3 is 2.17 bits per heavy atom. The first-order valence-corrected chi connectivity index (χ1v) is 8.96. The van der Waals surface area contributed by atoms with Crippen molar-refractivity contribution >= 4 is 38.9 Å². The van der Waals surface area contributed by atoms with E-state index in [2.05, 4.69) is 5.32 Å². The lowest BCUT2D eigenvalue weighted by molar-refractivity contribution is 0.102. The van der Waals surface area contributed by atoms with Crippen LogP contribution in [0.2, 0.25) is 5.02 Å². The van der Waals surface area contributed by atoms with Gasteiger partial charge in [-0.1, -0.05) is 11.6 Å². The maximum atomic E-state index is 12.2. The second-order valence-electron chi connectivity index (χ2n) is 4.88. The highest BCUT2D eigenvalue weighted by Gasteiger charge is 2.16. The van der Waals surface area contributed by atoms with Crippen molar-refractivity contribution in [2.75, 3.05) is 22.4 Å². The van der Waals surface area contributed by atoms with Crippen LogP contribution in [0.5, 0.6) is 0 Å². The summed E-state index contributed by atoms with van der Waals surface area (Å²) >= 11 is 5.79. The summed E-state index contributed by atoms with van der Waals surface area (Å²) in [7, 11) is -1.83. The van der Waals surface area contributed by atoms with Crippen LogP contribution in [0.25, 0.3) is 0 Å². The maximum absolute atomic E-state index is 12.2. The molecule has 0 spiro atoms. The fraction of sp³-hybridized carbons (Fsp3) is 0.188. The number of hydrogen-bond acceptors (Lipinski definition) is 3. The number of sulfonamides is 1. The number of rotatable bonds is 5. The Morgan fingerprint density at radius 1 is 1.09 bits per heavy atom. The molecule has 5 nitrogen and oxygen atoms in total. The third-order valence-corrected chi connectivity index (χ3v) is 5.40. The zero-order valence-corrected chi connectivity index (χ0v) is 14.4. The fourth-order valence-electron chi connectivity index (χ4n) is 1.91. The number of nitrogens with one attached hydrogen (secondary N) is 1. The van der Waals surface area contributed by atoms with Crippen LogP contribution >= 0.6 is 11.6 Å². The van der Waals surface area contributed by atoms with Crippen molar-refractivity contribution in [1.29, 1.82) is 0 Å². The third-order valence-electron chi connectivity index (χ3n) is 3.38. The Balaban J connectivity index is 2.13. The molecule has 0 radical (unpaired) electrons. The van der Waals surface area contributed by atoms with E-state index < -0.39 is 10.0 Å². The molecule has 0 aliphatic heterocycles. The van der Waals surface area contributed by atoms with Gasteiger partial charge in [-0.15, -0.1) is 0 Å². The van der Waals surface area contributed by atoms with Crippen LogP contribution in [-0.2, 0) is 10.0 Å². The molecule has 0 saturated heterocycles. The van der Waals surface area contributed by atoms with Gasteiger partial charge in [-0.2, -0.15) is 0 Å². The Hall–Kier alpha value is -2.05. The Kier molecular flexibility index (Phi) is 5.28. The number of benzene rings is 2. The van der Waals surface area contributed by atoms with Crippen LogP contribution < -0.4 is 9.62 Å². The van der Waals surface area contributed by atoms with Gasteiger partial charge in [-0.25, -0.2) is 8.42 Å². The predicted molar refractivity (Wildman–Crippen MR) is 93.7 cm³/mol. The quantitative estimate of drug-likeness (QED) is 0.897. The summed E-state index contributed by atoms with van der Waals surface area (Å²) in [5.74, 6) is -0.262. The summed E-state index contributed by atoms with van der Waals surface area (Å²) in [6, 6.07) is 13.2. The van der Waals surface area contributed by atoms with E-state index in [9.17, 15) is 13.2 Å². The topological polar surface area (TPSA) is 66.5 Å². The lowest BCUT2D eigenvalue weighted by atomic mass is 10.2. The molecule has 0 unspecified atom stereocenters. The molecule has 0 aromatic heterocycles. The smallest absolute Gasteiger partial charge is 0.255 e. The van der Waals surface area contributed by atoms with Gasteiger partial charge < -0.3 is 5.32 Å². The number of carbonyl (C=O) groups excluding carboxylic acids is 1. The number of halogens is 1. The van der Waals surface area contributed by atoms with Crippen molar-refractivity contribution in [3.63, 3.8) is 0 Å².